The molecule has 0 amide bonds. The Hall–Kier alpha value is -3.26. The van der Waals surface area contributed by atoms with Crippen LogP contribution in [0.15, 0.2) is 47.7 Å². The highest BCUT2D eigenvalue weighted by molar-refractivity contribution is 5.93. The van der Waals surface area contributed by atoms with Crippen molar-refractivity contribution in [3.05, 3.63) is 70.0 Å². The van der Waals surface area contributed by atoms with E-state index in [2.05, 4.69) is 4.98 Å². The predicted molar refractivity (Wildman–Crippen MR) is 123 cm³/mol. The van der Waals surface area contributed by atoms with Gasteiger partial charge in [-0.2, -0.15) is 0 Å². The number of hydrogen-bond acceptors (Lipinski definition) is 5. The number of carbonyl (C=O) groups is 1. The molecule has 1 aliphatic carbocycles. The molecule has 1 aromatic carbocycles. The van der Waals surface area contributed by atoms with Crippen molar-refractivity contribution in [2.24, 2.45) is 0 Å². The molecule has 1 saturated heterocycles. The summed E-state index contributed by atoms with van der Waals surface area (Å²) in [6.45, 7) is 1.84. The Kier molecular flexibility index (Phi) is 5.85. The normalized spacial score (nSPS) is 18.0. The Balaban J connectivity index is 1.57. The molecule has 1 aliphatic heterocycles. The van der Waals surface area contributed by atoms with Gasteiger partial charge < -0.3 is 19.3 Å². The Morgan fingerprint density at radius 2 is 2.03 bits per heavy atom. The lowest BCUT2D eigenvalue weighted by atomic mass is 10.1. The van der Waals surface area contributed by atoms with Crippen LogP contribution in [0.25, 0.3) is 10.9 Å². The van der Waals surface area contributed by atoms with Crippen LogP contribution in [0.3, 0.4) is 0 Å². The fraction of sp³-hybridized carbons (Fsp3) is 0.400. The van der Waals surface area contributed by atoms with Crippen molar-refractivity contribution < 1.29 is 19.0 Å². The lowest BCUT2D eigenvalue weighted by Gasteiger charge is -2.28. The molecule has 5 rings (SSSR count). The smallest absolute Gasteiger partial charge is 0.341 e. The molecule has 3 aromatic rings. The zero-order valence-electron chi connectivity index (χ0n) is 18.2. The van der Waals surface area contributed by atoms with Gasteiger partial charge in [-0.05, 0) is 61.9 Å². The van der Waals surface area contributed by atoms with Gasteiger partial charge in [-0.25, -0.2) is 9.18 Å². The van der Waals surface area contributed by atoms with E-state index in [0.717, 1.165) is 31.2 Å². The fourth-order valence-corrected chi connectivity index (χ4v) is 4.57. The number of carboxylic acids is 1. The number of anilines is 1. The standard InChI is InChI=1S/C25H26FN3O4/c26-21-12-19-22(29(17-3-4-17)15-20(24(19)30)25(31)32)13-23(21)28(14-18-2-1-11-33-18)10-7-16-5-8-27-9-6-16/h5-6,8-9,12-13,15,17-18H,1-4,7,10-11,14H2,(H,31,32). The Labute approximate surface area is 190 Å². The van der Waals surface area contributed by atoms with Crippen molar-refractivity contribution in [2.75, 3.05) is 24.6 Å². The molecule has 2 aliphatic rings. The second-order valence-corrected chi connectivity index (χ2v) is 8.82. The van der Waals surface area contributed by atoms with Crippen LogP contribution >= 0.6 is 0 Å². The average molecular weight is 451 g/mol. The van der Waals surface area contributed by atoms with Crippen molar-refractivity contribution >= 4 is 22.6 Å². The predicted octanol–water partition coefficient (Wildman–Crippen LogP) is 3.80. The van der Waals surface area contributed by atoms with Gasteiger partial charge in [0.25, 0.3) is 0 Å². The molecule has 0 bridgehead atoms. The summed E-state index contributed by atoms with van der Waals surface area (Å²) in [5, 5.41) is 9.57. The number of pyridine rings is 2. The fourth-order valence-electron chi connectivity index (χ4n) is 4.57. The number of nitrogens with zero attached hydrogens (tertiary/aromatic N) is 3. The van der Waals surface area contributed by atoms with Crippen molar-refractivity contribution in [1.82, 2.24) is 9.55 Å². The Morgan fingerprint density at radius 1 is 1.24 bits per heavy atom. The van der Waals surface area contributed by atoms with Crippen LogP contribution in [0.5, 0.6) is 0 Å². The maximum Gasteiger partial charge on any atom is 0.341 e. The number of halogens is 1. The number of aromatic nitrogens is 2. The van der Waals surface area contributed by atoms with E-state index in [1.807, 2.05) is 21.6 Å². The van der Waals surface area contributed by atoms with Gasteiger partial charge in [-0.3, -0.25) is 9.78 Å². The van der Waals surface area contributed by atoms with E-state index in [9.17, 15) is 14.7 Å². The summed E-state index contributed by atoms with van der Waals surface area (Å²) in [5.74, 6) is -1.82. The number of ether oxygens (including phenoxy) is 1. The average Bonchev–Trinajstić information content (AvgIpc) is 3.53. The van der Waals surface area contributed by atoms with Crippen LogP contribution in [0, 0.1) is 5.82 Å². The van der Waals surface area contributed by atoms with Gasteiger partial charge in [0.15, 0.2) is 0 Å². The number of benzene rings is 1. The second-order valence-electron chi connectivity index (χ2n) is 8.82. The van der Waals surface area contributed by atoms with Gasteiger partial charge in [0.2, 0.25) is 5.43 Å². The summed E-state index contributed by atoms with van der Waals surface area (Å²) in [5.41, 5.74) is 1.11. The van der Waals surface area contributed by atoms with Crippen molar-refractivity contribution in [3.63, 3.8) is 0 Å². The van der Waals surface area contributed by atoms with E-state index in [0.29, 0.717) is 37.3 Å². The quantitative estimate of drug-likeness (QED) is 0.561. The first-order chi connectivity index (χ1) is 16.0. The zero-order valence-corrected chi connectivity index (χ0v) is 18.2. The highest BCUT2D eigenvalue weighted by Crippen LogP contribution is 2.38. The molecule has 1 unspecified atom stereocenters. The minimum absolute atomic E-state index is 0.0255. The van der Waals surface area contributed by atoms with Crippen LogP contribution in [-0.2, 0) is 11.2 Å². The van der Waals surface area contributed by atoms with Gasteiger partial charge in [0.05, 0.1) is 17.3 Å². The number of carboxylic acid groups (broad SMARTS) is 1. The summed E-state index contributed by atoms with van der Waals surface area (Å²) >= 11 is 0. The monoisotopic (exact) mass is 451 g/mol. The first kappa shape index (κ1) is 21.6. The summed E-state index contributed by atoms with van der Waals surface area (Å²) in [7, 11) is 0. The van der Waals surface area contributed by atoms with Crippen molar-refractivity contribution in [3.8, 4) is 0 Å². The van der Waals surface area contributed by atoms with Crippen LogP contribution in [0.4, 0.5) is 10.1 Å². The first-order valence-corrected chi connectivity index (χ1v) is 11.4. The van der Waals surface area contributed by atoms with Gasteiger partial charge in [0.1, 0.15) is 11.4 Å². The molecular weight excluding hydrogens is 425 g/mol. The number of aromatic carboxylic acids is 1. The van der Waals surface area contributed by atoms with Gasteiger partial charge in [-0.15, -0.1) is 0 Å². The van der Waals surface area contributed by atoms with Crippen LogP contribution in [0.2, 0.25) is 0 Å². The maximum absolute atomic E-state index is 15.4. The SMILES string of the molecule is O=C(O)c1cn(C2CC2)c2cc(N(CCc3ccncc3)CC3CCCO3)c(F)cc2c1=O. The molecule has 8 heteroatoms. The largest absolute Gasteiger partial charge is 0.477 e. The molecule has 7 nitrogen and oxygen atoms in total. The molecule has 2 fully saturated rings. The number of hydrogen-bond donors (Lipinski definition) is 1. The van der Waals surface area contributed by atoms with E-state index < -0.39 is 17.2 Å². The molecule has 1 saturated carbocycles. The molecule has 3 heterocycles. The summed E-state index contributed by atoms with van der Waals surface area (Å²) in [6, 6.07) is 6.93. The third-order valence-electron chi connectivity index (χ3n) is 6.48. The van der Waals surface area contributed by atoms with E-state index >= 15 is 4.39 Å². The van der Waals surface area contributed by atoms with E-state index in [4.69, 9.17) is 4.74 Å². The zero-order chi connectivity index (χ0) is 22.9. The number of rotatable bonds is 8. The molecule has 0 spiro atoms. The minimum Gasteiger partial charge on any atom is -0.477 e. The first-order valence-electron chi connectivity index (χ1n) is 11.4. The van der Waals surface area contributed by atoms with Crippen LogP contribution in [0.1, 0.15) is 47.6 Å². The maximum atomic E-state index is 15.4. The van der Waals surface area contributed by atoms with Crippen molar-refractivity contribution in [1.29, 1.82) is 0 Å². The lowest BCUT2D eigenvalue weighted by molar-refractivity contribution is 0.0694. The van der Waals surface area contributed by atoms with E-state index in [-0.39, 0.29) is 23.1 Å². The lowest BCUT2D eigenvalue weighted by Crippen LogP contribution is -2.34. The van der Waals surface area contributed by atoms with E-state index in [1.54, 1.807) is 18.5 Å². The molecule has 33 heavy (non-hydrogen) atoms. The molecular formula is C25H26FN3O4. The summed E-state index contributed by atoms with van der Waals surface area (Å²) in [6.07, 6.45) is 9.36. The highest BCUT2D eigenvalue weighted by atomic mass is 19.1. The topological polar surface area (TPSA) is 84.7 Å². The molecule has 2 aromatic heterocycles. The van der Waals surface area contributed by atoms with Crippen LogP contribution in [-0.4, -0.2) is 46.4 Å². The molecule has 172 valence electrons. The molecule has 1 atom stereocenters. The third kappa shape index (κ3) is 4.48. The third-order valence-corrected chi connectivity index (χ3v) is 6.48. The molecule has 1 N–H and O–H groups in total. The van der Waals surface area contributed by atoms with Gasteiger partial charge in [0, 0.05) is 49.7 Å². The molecule has 0 radical (unpaired) electrons. The van der Waals surface area contributed by atoms with Gasteiger partial charge in [-0.1, -0.05) is 0 Å². The second kappa shape index (κ2) is 8.94. The highest BCUT2D eigenvalue weighted by Gasteiger charge is 2.28. The Morgan fingerprint density at radius 3 is 2.70 bits per heavy atom. The van der Waals surface area contributed by atoms with Crippen molar-refractivity contribution in [2.45, 2.75) is 44.2 Å². The summed E-state index contributed by atoms with van der Waals surface area (Å²) < 4.78 is 23.1. The van der Waals surface area contributed by atoms with E-state index in [1.165, 1.54) is 12.3 Å². The Bertz CT molecular complexity index is 1230. The summed E-state index contributed by atoms with van der Waals surface area (Å²) in [4.78, 5) is 30.4. The number of fused-ring (bicyclic) bond motifs is 1. The minimum atomic E-state index is -1.29. The van der Waals surface area contributed by atoms with Gasteiger partial charge >= 0.3 is 5.97 Å². The van der Waals surface area contributed by atoms with Crippen LogP contribution < -0.4 is 10.3 Å².